The highest BCUT2D eigenvalue weighted by Gasteiger charge is 2.18. The number of rotatable bonds is 5. The van der Waals surface area contributed by atoms with Crippen LogP contribution in [0.3, 0.4) is 0 Å². The molecule has 0 aromatic heterocycles. The molecule has 3 rings (SSSR count). The van der Waals surface area contributed by atoms with E-state index in [1.54, 1.807) is 14.2 Å². The highest BCUT2D eigenvalue weighted by molar-refractivity contribution is 5.56. The summed E-state index contributed by atoms with van der Waals surface area (Å²) in [7, 11) is 3.35. The summed E-state index contributed by atoms with van der Waals surface area (Å²) < 4.78 is 10.7. The first-order chi connectivity index (χ1) is 11.3. The Balaban J connectivity index is 1.60. The third-order valence-corrected chi connectivity index (χ3v) is 4.35. The normalized spacial score (nSPS) is 15.5. The van der Waals surface area contributed by atoms with Gasteiger partial charge in [-0.05, 0) is 17.7 Å². The van der Waals surface area contributed by atoms with Crippen molar-refractivity contribution in [3.8, 4) is 11.5 Å². The van der Waals surface area contributed by atoms with Gasteiger partial charge in [0.15, 0.2) is 11.5 Å². The molecule has 0 spiro atoms. The lowest BCUT2D eigenvalue weighted by Crippen LogP contribution is -2.45. The van der Waals surface area contributed by atoms with Crippen molar-refractivity contribution in [3.63, 3.8) is 0 Å². The van der Waals surface area contributed by atoms with Gasteiger partial charge in [0.2, 0.25) is 0 Å². The Hall–Kier alpha value is -2.20. The molecule has 0 N–H and O–H groups in total. The number of nitrogens with zero attached hydrogens (tertiary/aromatic N) is 2. The Morgan fingerprint density at radius 1 is 0.826 bits per heavy atom. The topological polar surface area (TPSA) is 24.9 Å². The van der Waals surface area contributed by atoms with Gasteiger partial charge in [0.1, 0.15) is 0 Å². The first-order valence-electron chi connectivity index (χ1n) is 8.03. The van der Waals surface area contributed by atoms with E-state index in [0.29, 0.717) is 0 Å². The molecule has 122 valence electrons. The largest absolute Gasteiger partial charge is 0.493 e. The lowest BCUT2D eigenvalue weighted by Gasteiger charge is -2.36. The first kappa shape index (κ1) is 15.7. The lowest BCUT2D eigenvalue weighted by atomic mass is 10.2. The first-order valence-corrected chi connectivity index (χ1v) is 8.03. The molecular weight excluding hydrogens is 288 g/mol. The number of methoxy groups -OCH3 is 2. The number of benzene rings is 2. The van der Waals surface area contributed by atoms with Gasteiger partial charge >= 0.3 is 0 Å². The SMILES string of the molecule is COc1ccc(N2CCN(Cc3ccccc3)CC2)cc1OC. The van der Waals surface area contributed by atoms with E-state index in [1.165, 1.54) is 11.3 Å². The van der Waals surface area contributed by atoms with Gasteiger partial charge in [-0.25, -0.2) is 0 Å². The minimum atomic E-state index is 0.777. The van der Waals surface area contributed by atoms with Gasteiger partial charge in [-0.15, -0.1) is 0 Å². The van der Waals surface area contributed by atoms with Crippen molar-refractivity contribution < 1.29 is 9.47 Å². The fourth-order valence-corrected chi connectivity index (χ4v) is 3.03. The second-order valence-electron chi connectivity index (χ2n) is 5.79. The number of hydrogen-bond donors (Lipinski definition) is 0. The fourth-order valence-electron chi connectivity index (χ4n) is 3.03. The number of hydrogen-bond acceptors (Lipinski definition) is 4. The zero-order chi connectivity index (χ0) is 16.1. The van der Waals surface area contributed by atoms with Crippen molar-refractivity contribution in [2.24, 2.45) is 0 Å². The zero-order valence-electron chi connectivity index (χ0n) is 13.9. The molecule has 1 aliphatic heterocycles. The summed E-state index contributed by atoms with van der Waals surface area (Å²) in [5.74, 6) is 1.57. The van der Waals surface area contributed by atoms with E-state index in [1.807, 2.05) is 6.07 Å². The van der Waals surface area contributed by atoms with E-state index in [0.717, 1.165) is 44.2 Å². The highest BCUT2D eigenvalue weighted by atomic mass is 16.5. The van der Waals surface area contributed by atoms with Crippen LogP contribution in [0.2, 0.25) is 0 Å². The maximum atomic E-state index is 5.41. The number of anilines is 1. The summed E-state index contributed by atoms with van der Waals surface area (Å²) in [4.78, 5) is 4.91. The third kappa shape index (κ3) is 3.77. The van der Waals surface area contributed by atoms with E-state index in [2.05, 4.69) is 52.3 Å². The number of ether oxygens (including phenoxy) is 2. The monoisotopic (exact) mass is 312 g/mol. The molecule has 0 unspecified atom stereocenters. The lowest BCUT2D eigenvalue weighted by molar-refractivity contribution is 0.250. The average Bonchev–Trinajstić information content (AvgIpc) is 2.62. The van der Waals surface area contributed by atoms with Crippen molar-refractivity contribution in [1.29, 1.82) is 0 Å². The van der Waals surface area contributed by atoms with Crippen molar-refractivity contribution in [2.75, 3.05) is 45.3 Å². The maximum absolute atomic E-state index is 5.41. The van der Waals surface area contributed by atoms with Crippen molar-refractivity contribution in [2.45, 2.75) is 6.54 Å². The van der Waals surface area contributed by atoms with Gasteiger partial charge in [0.25, 0.3) is 0 Å². The highest BCUT2D eigenvalue weighted by Crippen LogP contribution is 2.31. The van der Waals surface area contributed by atoms with Gasteiger partial charge < -0.3 is 14.4 Å². The van der Waals surface area contributed by atoms with Crippen LogP contribution in [0.1, 0.15) is 5.56 Å². The van der Waals surface area contributed by atoms with E-state index < -0.39 is 0 Å². The van der Waals surface area contributed by atoms with Crippen LogP contribution < -0.4 is 14.4 Å². The van der Waals surface area contributed by atoms with Crippen LogP contribution in [-0.2, 0) is 6.54 Å². The summed E-state index contributed by atoms with van der Waals surface area (Å²) in [6.07, 6.45) is 0. The van der Waals surface area contributed by atoms with Crippen LogP contribution in [0.5, 0.6) is 11.5 Å². The molecule has 23 heavy (non-hydrogen) atoms. The zero-order valence-corrected chi connectivity index (χ0v) is 13.9. The molecule has 1 heterocycles. The molecule has 1 fully saturated rings. The Morgan fingerprint density at radius 3 is 2.17 bits per heavy atom. The summed E-state index contributed by atoms with van der Waals surface area (Å²) in [5.41, 5.74) is 2.58. The predicted molar refractivity (Wildman–Crippen MR) is 93.5 cm³/mol. The van der Waals surface area contributed by atoms with E-state index in [9.17, 15) is 0 Å². The Bertz CT molecular complexity index is 623. The molecule has 2 aromatic carbocycles. The summed E-state index contributed by atoms with van der Waals surface area (Å²) >= 11 is 0. The Kier molecular flexibility index (Phi) is 5.03. The quantitative estimate of drug-likeness (QED) is 0.847. The smallest absolute Gasteiger partial charge is 0.162 e. The van der Waals surface area contributed by atoms with Crippen molar-refractivity contribution in [3.05, 3.63) is 54.1 Å². The second-order valence-corrected chi connectivity index (χ2v) is 5.79. The van der Waals surface area contributed by atoms with Gasteiger partial charge in [0.05, 0.1) is 14.2 Å². The molecule has 4 heteroatoms. The van der Waals surface area contributed by atoms with E-state index in [4.69, 9.17) is 9.47 Å². The number of piperazine rings is 1. The van der Waals surface area contributed by atoms with Gasteiger partial charge in [-0.1, -0.05) is 30.3 Å². The Labute approximate surface area is 138 Å². The summed E-state index contributed by atoms with van der Waals surface area (Å²) in [6, 6.07) is 16.8. The van der Waals surface area contributed by atoms with Crippen LogP contribution in [0.25, 0.3) is 0 Å². The molecule has 0 aliphatic carbocycles. The third-order valence-electron chi connectivity index (χ3n) is 4.35. The molecule has 1 saturated heterocycles. The van der Waals surface area contributed by atoms with E-state index in [-0.39, 0.29) is 0 Å². The second kappa shape index (κ2) is 7.38. The summed E-state index contributed by atoms with van der Waals surface area (Å²) in [5, 5.41) is 0. The minimum absolute atomic E-state index is 0.777. The Morgan fingerprint density at radius 2 is 1.52 bits per heavy atom. The van der Waals surface area contributed by atoms with Crippen LogP contribution in [0.4, 0.5) is 5.69 Å². The molecule has 0 radical (unpaired) electrons. The molecule has 1 aliphatic rings. The van der Waals surface area contributed by atoms with Gasteiger partial charge in [-0.3, -0.25) is 4.90 Å². The van der Waals surface area contributed by atoms with E-state index >= 15 is 0 Å². The van der Waals surface area contributed by atoms with Gasteiger partial charge in [0, 0.05) is 44.5 Å². The molecule has 0 saturated carbocycles. The van der Waals surface area contributed by atoms with Crippen LogP contribution in [-0.4, -0.2) is 45.3 Å². The van der Waals surface area contributed by atoms with Crippen LogP contribution in [0.15, 0.2) is 48.5 Å². The molecular formula is C19H24N2O2. The summed E-state index contributed by atoms with van der Waals surface area (Å²) in [6.45, 7) is 5.23. The molecule has 0 bridgehead atoms. The maximum Gasteiger partial charge on any atom is 0.162 e. The molecule has 2 aromatic rings. The minimum Gasteiger partial charge on any atom is -0.493 e. The molecule has 0 amide bonds. The molecule has 0 atom stereocenters. The molecule has 4 nitrogen and oxygen atoms in total. The predicted octanol–water partition coefficient (Wildman–Crippen LogP) is 3.03. The van der Waals surface area contributed by atoms with Crippen LogP contribution in [0, 0.1) is 0 Å². The van der Waals surface area contributed by atoms with Crippen LogP contribution >= 0.6 is 0 Å². The standard InChI is InChI=1S/C19H24N2O2/c1-22-18-9-8-17(14-19(18)23-2)21-12-10-20(11-13-21)15-16-6-4-3-5-7-16/h3-9,14H,10-13,15H2,1-2H3. The van der Waals surface area contributed by atoms with Crippen molar-refractivity contribution >= 4 is 5.69 Å². The average molecular weight is 312 g/mol. The van der Waals surface area contributed by atoms with Gasteiger partial charge in [-0.2, -0.15) is 0 Å². The fraction of sp³-hybridized carbons (Fsp3) is 0.368. The van der Waals surface area contributed by atoms with Crippen molar-refractivity contribution in [1.82, 2.24) is 4.90 Å².